The number of methoxy groups -OCH3 is 2. The Morgan fingerprint density at radius 2 is 1.71 bits per heavy atom. The second kappa shape index (κ2) is 8.44. The predicted octanol–water partition coefficient (Wildman–Crippen LogP) is 5.23. The SMILES string of the molecule is COc1cccc(C2C(C(=O)c3cc4cccc(OC)c4o3)=C(O)C(=O)N2c2ccccc2)c1. The van der Waals surface area contributed by atoms with Gasteiger partial charge in [0.1, 0.15) is 5.75 Å². The highest BCUT2D eigenvalue weighted by molar-refractivity contribution is 6.20. The minimum absolute atomic E-state index is 0.00309. The molecule has 0 bridgehead atoms. The van der Waals surface area contributed by atoms with E-state index in [9.17, 15) is 14.7 Å². The second-order valence-corrected chi connectivity index (χ2v) is 7.77. The molecule has 1 amide bonds. The molecule has 7 nitrogen and oxygen atoms in total. The average molecular weight is 455 g/mol. The number of anilines is 1. The Hall–Kier alpha value is -4.52. The van der Waals surface area contributed by atoms with Crippen LogP contribution in [0.5, 0.6) is 11.5 Å². The largest absolute Gasteiger partial charge is 0.503 e. The number of rotatable bonds is 6. The Balaban J connectivity index is 1.67. The molecule has 0 fully saturated rings. The Morgan fingerprint density at radius 3 is 2.44 bits per heavy atom. The molecule has 0 aliphatic carbocycles. The van der Waals surface area contributed by atoms with Gasteiger partial charge in [-0.25, -0.2) is 0 Å². The van der Waals surface area contributed by atoms with Crippen molar-refractivity contribution in [2.45, 2.75) is 6.04 Å². The van der Waals surface area contributed by atoms with E-state index >= 15 is 0 Å². The first-order valence-corrected chi connectivity index (χ1v) is 10.6. The van der Waals surface area contributed by atoms with Gasteiger partial charge in [0.15, 0.2) is 22.9 Å². The van der Waals surface area contributed by atoms with Crippen LogP contribution >= 0.6 is 0 Å². The van der Waals surface area contributed by atoms with Gasteiger partial charge in [-0.1, -0.05) is 42.5 Å². The third kappa shape index (κ3) is 3.38. The third-order valence-corrected chi connectivity index (χ3v) is 5.85. The molecule has 3 aromatic carbocycles. The van der Waals surface area contributed by atoms with Crippen molar-refractivity contribution in [1.82, 2.24) is 0 Å². The third-order valence-electron chi connectivity index (χ3n) is 5.85. The number of hydrogen-bond acceptors (Lipinski definition) is 6. The number of ether oxygens (including phenoxy) is 2. The lowest BCUT2D eigenvalue weighted by Gasteiger charge is -2.27. The zero-order valence-electron chi connectivity index (χ0n) is 18.5. The summed E-state index contributed by atoms with van der Waals surface area (Å²) in [5, 5.41) is 11.6. The average Bonchev–Trinajstić information content (AvgIpc) is 3.43. The van der Waals surface area contributed by atoms with E-state index in [2.05, 4.69) is 0 Å². The van der Waals surface area contributed by atoms with Gasteiger partial charge in [0.25, 0.3) is 5.91 Å². The van der Waals surface area contributed by atoms with Gasteiger partial charge in [0.2, 0.25) is 5.78 Å². The summed E-state index contributed by atoms with van der Waals surface area (Å²) in [5.74, 6) is -0.839. The van der Waals surface area contributed by atoms with E-state index in [1.54, 1.807) is 72.8 Å². The number of hydrogen-bond donors (Lipinski definition) is 1. The van der Waals surface area contributed by atoms with Gasteiger partial charge in [0.05, 0.1) is 25.8 Å². The second-order valence-electron chi connectivity index (χ2n) is 7.77. The van der Waals surface area contributed by atoms with E-state index in [0.29, 0.717) is 33.7 Å². The minimum Gasteiger partial charge on any atom is -0.503 e. The van der Waals surface area contributed by atoms with Gasteiger partial charge in [-0.2, -0.15) is 0 Å². The Morgan fingerprint density at radius 1 is 0.941 bits per heavy atom. The van der Waals surface area contributed by atoms with Gasteiger partial charge < -0.3 is 19.0 Å². The molecule has 1 aliphatic heterocycles. The summed E-state index contributed by atoms with van der Waals surface area (Å²) >= 11 is 0. The Bertz CT molecular complexity index is 1440. The van der Waals surface area contributed by atoms with Crippen molar-refractivity contribution in [3.05, 3.63) is 102 Å². The molecule has 7 heteroatoms. The molecule has 1 unspecified atom stereocenters. The van der Waals surface area contributed by atoms with Gasteiger partial charge in [-0.05, 0) is 42.0 Å². The normalized spacial score (nSPS) is 15.8. The predicted molar refractivity (Wildman–Crippen MR) is 126 cm³/mol. The molecule has 170 valence electrons. The molecule has 5 rings (SSSR count). The van der Waals surface area contributed by atoms with Crippen LogP contribution in [0.15, 0.2) is 94.6 Å². The zero-order valence-corrected chi connectivity index (χ0v) is 18.5. The fraction of sp³-hybridized carbons (Fsp3) is 0.111. The van der Waals surface area contributed by atoms with Crippen LogP contribution in [0.25, 0.3) is 11.0 Å². The van der Waals surface area contributed by atoms with Crippen LogP contribution in [0.1, 0.15) is 22.2 Å². The molecule has 0 saturated carbocycles. The van der Waals surface area contributed by atoms with E-state index in [4.69, 9.17) is 13.9 Å². The first-order chi connectivity index (χ1) is 16.5. The lowest BCUT2D eigenvalue weighted by atomic mass is 9.94. The number of amides is 1. The number of carbonyl (C=O) groups excluding carboxylic acids is 2. The number of aliphatic hydroxyl groups excluding tert-OH is 1. The van der Waals surface area contributed by atoms with Gasteiger partial charge in [-0.15, -0.1) is 0 Å². The summed E-state index contributed by atoms with van der Waals surface area (Å²) in [6.45, 7) is 0. The summed E-state index contributed by atoms with van der Waals surface area (Å²) in [4.78, 5) is 28.4. The molecule has 1 N–H and O–H groups in total. The van der Waals surface area contributed by atoms with Crippen LogP contribution in [-0.4, -0.2) is 31.0 Å². The number of para-hydroxylation sites is 2. The quantitative estimate of drug-likeness (QED) is 0.400. The van der Waals surface area contributed by atoms with E-state index < -0.39 is 23.5 Å². The van der Waals surface area contributed by atoms with Crippen molar-refractivity contribution in [3.63, 3.8) is 0 Å². The molecule has 0 radical (unpaired) electrons. The minimum atomic E-state index is -0.882. The zero-order chi connectivity index (χ0) is 23.8. The maximum Gasteiger partial charge on any atom is 0.294 e. The lowest BCUT2D eigenvalue weighted by Crippen LogP contribution is -2.31. The number of carbonyl (C=O) groups is 2. The van der Waals surface area contributed by atoms with Crippen molar-refractivity contribution in [2.24, 2.45) is 0 Å². The van der Waals surface area contributed by atoms with Crippen molar-refractivity contribution >= 4 is 28.3 Å². The van der Waals surface area contributed by atoms with Crippen LogP contribution in [0.3, 0.4) is 0 Å². The van der Waals surface area contributed by atoms with Gasteiger partial charge >= 0.3 is 0 Å². The van der Waals surface area contributed by atoms with Crippen LogP contribution in [0, 0.1) is 0 Å². The van der Waals surface area contributed by atoms with Crippen LogP contribution in [0.2, 0.25) is 0 Å². The van der Waals surface area contributed by atoms with Crippen molar-refractivity contribution in [3.8, 4) is 11.5 Å². The Labute approximate surface area is 195 Å². The number of nitrogens with zero attached hydrogens (tertiary/aromatic N) is 1. The summed E-state index contributed by atoms with van der Waals surface area (Å²) in [6, 6.07) is 22.0. The number of ketones is 1. The lowest BCUT2D eigenvalue weighted by molar-refractivity contribution is -0.117. The highest BCUT2D eigenvalue weighted by Crippen LogP contribution is 2.43. The first kappa shape index (κ1) is 21.3. The van der Waals surface area contributed by atoms with E-state index in [0.717, 1.165) is 0 Å². The summed E-state index contributed by atoms with van der Waals surface area (Å²) in [7, 11) is 3.05. The molecule has 34 heavy (non-hydrogen) atoms. The smallest absolute Gasteiger partial charge is 0.294 e. The summed E-state index contributed by atoms with van der Waals surface area (Å²) in [6.07, 6.45) is 0. The summed E-state index contributed by atoms with van der Waals surface area (Å²) in [5.41, 5.74) is 1.49. The standard InChI is InChI=1S/C27H21NO6/c1-32-19-12-6-8-16(14-19)23-22(25(30)27(31)28(23)18-10-4-3-5-11-18)24(29)21-15-17-9-7-13-20(33-2)26(17)34-21/h3-15,23,30H,1-2H3. The molecule has 0 saturated heterocycles. The number of benzene rings is 3. The fourth-order valence-electron chi connectivity index (χ4n) is 4.26. The Kier molecular flexibility index (Phi) is 5.30. The molecule has 0 spiro atoms. The van der Waals surface area contributed by atoms with E-state index in [-0.39, 0.29) is 11.3 Å². The van der Waals surface area contributed by atoms with E-state index in [1.165, 1.54) is 19.1 Å². The number of aliphatic hydroxyl groups is 1. The highest BCUT2D eigenvalue weighted by atomic mass is 16.5. The number of Topliss-reactive ketones (excluding diaryl/α,β-unsaturated/α-hetero) is 1. The molecular weight excluding hydrogens is 434 g/mol. The molecule has 1 atom stereocenters. The van der Waals surface area contributed by atoms with Gasteiger partial charge in [0, 0.05) is 11.1 Å². The maximum absolute atomic E-state index is 13.7. The monoisotopic (exact) mass is 455 g/mol. The summed E-state index contributed by atoms with van der Waals surface area (Å²) < 4.78 is 16.5. The molecule has 4 aromatic rings. The van der Waals surface area contributed by atoms with Crippen LogP contribution in [-0.2, 0) is 4.79 Å². The molecule has 2 heterocycles. The topological polar surface area (TPSA) is 89.2 Å². The highest BCUT2D eigenvalue weighted by Gasteiger charge is 2.45. The van der Waals surface area contributed by atoms with Gasteiger partial charge in [-0.3, -0.25) is 14.5 Å². The first-order valence-electron chi connectivity index (χ1n) is 10.6. The molecule has 1 aliphatic rings. The van der Waals surface area contributed by atoms with Crippen molar-refractivity contribution in [1.29, 1.82) is 0 Å². The molecular formula is C27H21NO6. The number of fused-ring (bicyclic) bond motifs is 1. The van der Waals surface area contributed by atoms with Crippen LogP contribution in [0.4, 0.5) is 5.69 Å². The van der Waals surface area contributed by atoms with E-state index in [1.807, 2.05) is 6.07 Å². The fourth-order valence-corrected chi connectivity index (χ4v) is 4.26. The van der Waals surface area contributed by atoms with Crippen molar-refractivity contribution in [2.75, 3.05) is 19.1 Å². The van der Waals surface area contributed by atoms with Crippen molar-refractivity contribution < 1.29 is 28.6 Å². The number of furan rings is 1. The maximum atomic E-state index is 13.7. The van der Waals surface area contributed by atoms with Crippen LogP contribution < -0.4 is 14.4 Å². The molecule has 1 aromatic heterocycles.